The molecule has 0 unspecified atom stereocenters. The van der Waals surface area contributed by atoms with Crippen LogP contribution in [0, 0.1) is 6.92 Å². The first-order chi connectivity index (χ1) is 12.7. The normalized spacial score (nSPS) is 10.7. The van der Waals surface area contributed by atoms with Gasteiger partial charge < -0.3 is 10.1 Å². The second-order valence-corrected chi connectivity index (χ2v) is 5.83. The number of anilines is 1. The van der Waals surface area contributed by atoms with Gasteiger partial charge >= 0.3 is 0 Å². The number of nitrogens with zero attached hydrogens (tertiary/aromatic N) is 1. The van der Waals surface area contributed by atoms with Crippen LogP contribution in [0.3, 0.4) is 0 Å². The van der Waals surface area contributed by atoms with Crippen LogP contribution in [0.4, 0.5) is 5.69 Å². The number of ether oxygens (including phenoxy) is 1. The zero-order valence-corrected chi connectivity index (χ0v) is 14.8. The van der Waals surface area contributed by atoms with Crippen LogP contribution in [-0.4, -0.2) is 18.0 Å². The monoisotopic (exact) mass is 344 g/mol. The molecule has 2 aromatic carbocycles. The van der Waals surface area contributed by atoms with Gasteiger partial charge in [-0.15, -0.1) is 0 Å². The fourth-order valence-corrected chi connectivity index (χ4v) is 2.55. The van der Waals surface area contributed by atoms with E-state index in [1.165, 1.54) is 0 Å². The average Bonchev–Trinajstić information content (AvgIpc) is 2.67. The molecule has 1 aromatic heterocycles. The molecule has 3 aromatic rings. The molecule has 1 amide bonds. The first-order valence-electron chi connectivity index (χ1n) is 8.31. The van der Waals surface area contributed by atoms with E-state index >= 15 is 0 Å². The van der Waals surface area contributed by atoms with E-state index < -0.39 is 0 Å². The summed E-state index contributed by atoms with van der Waals surface area (Å²) in [4.78, 5) is 16.7. The molecule has 4 nitrogen and oxygen atoms in total. The summed E-state index contributed by atoms with van der Waals surface area (Å²) in [7, 11) is 1.60. The van der Waals surface area contributed by atoms with Crippen molar-refractivity contribution in [1.82, 2.24) is 4.98 Å². The van der Waals surface area contributed by atoms with Gasteiger partial charge in [-0.1, -0.05) is 30.4 Å². The summed E-state index contributed by atoms with van der Waals surface area (Å²) < 4.78 is 5.12. The number of carbonyl (C=O) groups is 1. The van der Waals surface area contributed by atoms with Crippen molar-refractivity contribution in [3.63, 3.8) is 0 Å². The lowest BCUT2D eigenvalue weighted by atomic mass is 10.1. The van der Waals surface area contributed by atoms with Gasteiger partial charge in [0.1, 0.15) is 5.75 Å². The van der Waals surface area contributed by atoms with E-state index in [-0.39, 0.29) is 5.91 Å². The van der Waals surface area contributed by atoms with Crippen LogP contribution < -0.4 is 10.1 Å². The lowest BCUT2D eigenvalue weighted by Crippen LogP contribution is -2.12. The second kappa shape index (κ2) is 8.12. The van der Waals surface area contributed by atoms with Gasteiger partial charge in [0, 0.05) is 23.1 Å². The third-order valence-corrected chi connectivity index (χ3v) is 3.94. The topological polar surface area (TPSA) is 51.2 Å². The molecule has 0 aliphatic carbocycles. The van der Waals surface area contributed by atoms with Gasteiger partial charge in [0.2, 0.25) is 0 Å². The van der Waals surface area contributed by atoms with Crippen molar-refractivity contribution >= 4 is 23.7 Å². The summed E-state index contributed by atoms with van der Waals surface area (Å²) in [6.45, 7) is 1.96. The molecular weight excluding hydrogens is 324 g/mol. The summed E-state index contributed by atoms with van der Waals surface area (Å²) in [5.41, 5.74) is 4.30. The van der Waals surface area contributed by atoms with Crippen molar-refractivity contribution in [3.05, 3.63) is 89.2 Å². The van der Waals surface area contributed by atoms with Crippen LogP contribution in [0.25, 0.3) is 12.2 Å². The number of para-hydroxylation sites is 1. The van der Waals surface area contributed by atoms with E-state index in [4.69, 9.17) is 4.74 Å². The number of nitrogens with one attached hydrogen (secondary N) is 1. The highest BCUT2D eigenvalue weighted by Gasteiger charge is 2.08. The molecule has 0 saturated carbocycles. The maximum absolute atomic E-state index is 12.5. The quantitative estimate of drug-likeness (QED) is 0.722. The fraction of sp³-hybridized carbons (Fsp3) is 0.0909. The predicted molar refractivity (Wildman–Crippen MR) is 105 cm³/mol. The molecule has 1 N–H and O–H groups in total. The molecule has 4 heteroatoms. The molecule has 0 aliphatic heterocycles. The maximum Gasteiger partial charge on any atom is 0.255 e. The Kier molecular flexibility index (Phi) is 5.44. The first-order valence-corrected chi connectivity index (χ1v) is 8.31. The number of benzene rings is 2. The highest BCUT2D eigenvalue weighted by Crippen LogP contribution is 2.20. The minimum absolute atomic E-state index is 0.159. The Morgan fingerprint density at radius 3 is 2.54 bits per heavy atom. The molecule has 0 bridgehead atoms. The van der Waals surface area contributed by atoms with E-state index in [1.54, 1.807) is 37.6 Å². The molecule has 130 valence electrons. The van der Waals surface area contributed by atoms with Crippen molar-refractivity contribution in [3.8, 4) is 5.75 Å². The zero-order chi connectivity index (χ0) is 18.4. The average molecular weight is 344 g/mol. The van der Waals surface area contributed by atoms with E-state index in [2.05, 4.69) is 10.3 Å². The number of methoxy groups -OCH3 is 1. The van der Waals surface area contributed by atoms with Crippen LogP contribution >= 0.6 is 0 Å². The van der Waals surface area contributed by atoms with Crippen LogP contribution in [-0.2, 0) is 0 Å². The lowest BCUT2D eigenvalue weighted by molar-refractivity contribution is 0.102. The number of pyridine rings is 1. The third kappa shape index (κ3) is 4.36. The van der Waals surface area contributed by atoms with E-state index in [1.807, 2.05) is 55.5 Å². The number of rotatable bonds is 5. The summed E-state index contributed by atoms with van der Waals surface area (Å²) >= 11 is 0. The maximum atomic E-state index is 12.5. The summed E-state index contributed by atoms with van der Waals surface area (Å²) in [5, 5.41) is 2.97. The van der Waals surface area contributed by atoms with E-state index in [9.17, 15) is 4.79 Å². The molecular formula is C22H20N2O2. The molecule has 3 rings (SSSR count). The molecule has 0 fully saturated rings. The highest BCUT2D eigenvalue weighted by molar-refractivity contribution is 6.05. The van der Waals surface area contributed by atoms with Gasteiger partial charge in [-0.25, -0.2) is 0 Å². The Morgan fingerprint density at radius 2 is 1.81 bits per heavy atom. The summed E-state index contributed by atoms with van der Waals surface area (Å²) in [6, 6.07) is 18.7. The van der Waals surface area contributed by atoms with Gasteiger partial charge in [-0.2, -0.15) is 0 Å². The smallest absolute Gasteiger partial charge is 0.255 e. The lowest BCUT2D eigenvalue weighted by Gasteiger charge is -2.09. The Bertz CT molecular complexity index is 931. The van der Waals surface area contributed by atoms with Gasteiger partial charge in [0.25, 0.3) is 5.91 Å². The molecule has 1 heterocycles. The second-order valence-electron chi connectivity index (χ2n) is 5.83. The molecule has 0 aliphatic rings. The zero-order valence-electron chi connectivity index (χ0n) is 14.8. The van der Waals surface area contributed by atoms with Crippen molar-refractivity contribution in [2.75, 3.05) is 12.4 Å². The Hall–Kier alpha value is -3.40. The van der Waals surface area contributed by atoms with Crippen molar-refractivity contribution in [1.29, 1.82) is 0 Å². The van der Waals surface area contributed by atoms with Crippen LogP contribution in [0.15, 0.2) is 66.9 Å². The Morgan fingerprint density at radius 1 is 1.04 bits per heavy atom. The van der Waals surface area contributed by atoms with Crippen LogP contribution in [0.1, 0.15) is 27.2 Å². The largest absolute Gasteiger partial charge is 0.497 e. The number of amides is 1. The van der Waals surface area contributed by atoms with Gasteiger partial charge in [-0.3, -0.25) is 9.78 Å². The van der Waals surface area contributed by atoms with E-state index in [0.717, 1.165) is 28.3 Å². The molecule has 0 saturated heterocycles. The fourth-order valence-electron chi connectivity index (χ4n) is 2.55. The molecule has 0 atom stereocenters. The minimum atomic E-state index is -0.159. The number of aryl methyl sites for hydroxylation is 1. The number of hydrogen-bond acceptors (Lipinski definition) is 3. The van der Waals surface area contributed by atoms with Crippen molar-refractivity contribution in [2.24, 2.45) is 0 Å². The number of aromatic nitrogens is 1. The minimum Gasteiger partial charge on any atom is -0.497 e. The number of carbonyl (C=O) groups excluding carboxylic acids is 1. The predicted octanol–water partition coefficient (Wildman–Crippen LogP) is 4.82. The standard InChI is InChI=1S/C22H20N2O2/c1-16-15-17(13-14-23-16)7-8-18-5-3-4-6-21(18)24-22(25)19-9-11-20(26-2)12-10-19/h3-15H,1-2H3,(H,24,25). The highest BCUT2D eigenvalue weighted by atomic mass is 16.5. The van der Waals surface area contributed by atoms with Gasteiger partial charge in [0.05, 0.1) is 7.11 Å². The Labute approximate surface area is 153 Å². The van der Waals surface area contributed by atoms with Crippen LogP contribution in [0.2, 0.25) is 0 Å². The number of hydrogen-bond donors (Lipinski definition) is 1. The van der Waals surface area contributed by atoms with Crippen molar-refractivity contribution < 1.29 is 9.53 Å². The summed E-state index contributed by atoms with van der Waals surface area (Å²) in [5.74, 6) is 0.561. The van der Waals surface area contributed by atoms with Crippen molar-refractivity contribution in [2.45, 2.75) is 6.92 Å². The molecule has 0 spiro atoms. The van der Waals surface area contributed by atoms with Gasteiger partial charge in [-0.05, 0) is 60.5 Å². The SMILES string of the molecule is COc1ccc(C(=O)Nc2ccccc2C=Cc2ccnc(C)c2)cc1. The third-order valence-electron chi connectivity index (χ3n) is 3.94. The molecule has 0 radical (unpaired) electrons. The van der Waals surface area contributed by atoms with E-state index in [0.29, 0.717) is 5.56 Å². The summed E-state index contributed by atoms with van der Waals surface area (Å²) in [6.07, 6.45) is 5.78. The van der Waals surface area contributed by atoms with Crippen LogP contribution in [0.5, 0.6) is 5.75 Å². The Balaban J connectivity index is 1.79. The van der Waals surface area contributed by atoms with Gasteiger partial charge in [0.15, 0.2) is 0 Å². The molecule has 26 heavy (non-hydrogen) atoms. The first kappa shape index (κ1) is 17.4.